The molecule has 2 aliphatic rings. The molecule has 26 heavy (non-hydrogen) atoms. The molecule has 1 aliphatic carbocycles. The molecule has 1 unspecified atom stereocenters. The van der Waals surface area contributed by atoms with Crippen LogP contribution < -0.4 is 5.32 Å². The van der Waals surface area contributed by atoms with Gasteiger partial charge in [0, 0.05) is 31.0 Å². The summed E-state index contributed by atoms with van der Waals surface area (Å²) >= 11 is 0. The number of piperidine rings is 1. The summed E-state index contributed by atoms with van der Waals surface area (Å²) in [5.74, 6) is 0.128. The highest BCUT2D eigenvalue weighted by Gasteiger charge is 2.46. The fourth-order valence-corrected chi connectivity index (χ4v) is 4.64. The Morgan fingerprint density at radius 3 is 2.35 bits per heavy atom. The molecule has 4 nitrogen and oxygen atoms in total. The number of hydrogen-bond donors (Lipinski definition) is 1. The molecule has 1 aliphatic heterocycles. The van der Waals surface area contributed by atoms with Crippen molar-refractivity contribution in [1.82, 2.24) is 10.2 Å². The molecule has 0 bridgehead atoms. The van der Waals surface area contributed by atoms with Crippen LogP contribution >= 0.6 is 0 Å². The smallest absolute Gasteiger partial charge is 0.253 e. The van der Waals surface area contributed by atoms with E-state index in [2.05, 4.69) is 23.5 Å². The number of benzene rings is 2. The monoisotopic (exact) mass is 348 g/mol. The van der Waals surface area contributed by atoms with Crippen LogP contribution in [-0.4, -0.2) is 29.8 Å². The molecular formula is C22H24N2O2. The summed E-state index contributed by atoms with van der Waals surface area (Å²) in [7, 11) is 0. The molecule has 1 spiro atoms. The van der Waals surface area contributed by atoms with E-state index in [0.29, 0.717) is 0 Å². The van der Waals surface area contributed by atoms with Gasteiger partial charge in [-0.25, -0.2) is 0 Å². The van der Waals surface area contributed by atoms with Gasteiger partial charge in [-0.05, 0) is 42.5 Å². The average molecular weight is 348 g/mol. The van der Waals surface area contributed by atoms with Crippen molar-refractivity contribution in [2.75, 3.05) is 13.1 Å². The van der Waals surface area contributed by atoms with Gasteiger partial charge in [0.15, 0.2) is 0 Å². The SMILES string of the molecule is CC(=O)NC1CC2(CCN(C(=O)c3ccccc3)CC2)c2ccccc21. The molecule has 4 heteroatoms. The molecular weight excluding hydrogens is 324 g/mol. The Bertz CT molecular complexity index is 823. The number of nitrogens with one attached hydrogen (secondary N) is 1. The third-order valence-electron chi connectivity index (χ3n) is 5.91. The Morgan fingerprint density at radius 1 is 1.00 bits per heavy atom. The van der Waals surface area contributed by atoms with Gasteiger partial charge in [0.25, 0.3) is 5.91 Å². The van der Waals surface area contributed by atoms with Crippen molar-refractivity contribution in [2.45, 2.75) is 37.6 Å². The van der Waals surface area contributed by atoms with Crippen LogP contribution in [0.4, 0.5) is 0 Å². The predicted molar refractivity (Wildman–Crippen MR) is 101 cm³/mol. The molecule has 2 amide bonds. The van der Waals surface area contributed by atoms with E-state index in [1.165, 1.54) is 11.1 Å². The summed E-state index contributed by atoms with van der Waals surface area (Å²) in [5.41, 5.74) is 3.42. The van der Waals surface area contributed by atoms with E-state index >= 15 is 0 Å². The maximum Gasteiger partial charge on any atom is 0.253 e. The average Bonchev–Trinajstić information content (AvgIpc) is 2.95. The van der Waals surface area contributed by atoms with Crippen LogP contribution in [0.5, 0.6) is 0 Å². The molecule has 1 atom stereocenters. The second-order valence-corrected chi connectivity index (χ2v) is 7.48. The molecule has 0 radical (unpaired) electrons. The molecule has 1 fully saturated rings. The highest BCUT2D eigenvalue weighted by molar-refractivity contribution is 5.94. The number of rotatable bonds is 2. The van der Waals surface area contributed by atoms with Crippen molar-refractivity contribution in [3.63, 3.8) is 0 Å². The topological polar surface area (TPSA) is 49.4 Å². The van der Waals surface area contributed by atoms with Crippen LogP contribution in [0.1, 0.15) is 53.7 Å². The van der Waals surface area contributed by atoms with Crippen molar-refractivity contribution in [3.8, 4) is 0 Å². The third kappa shape index (κ3) is 2.90. The number of hydrogen-bond acceptors (Lipinski definition) is 2. The summed E-state index contributed by atoms with van der Waals surface area (Å²) in [6.07, 6.45) is 2.82. The van der Waals surface area contributed by atoms with E-state index in [1.807, 2.05) is 41.3 Å². The summed E-state index contributed by atoms with van der Waals surface area (Å²) in [6, 6.07) is 18.0. The first-order valence-corrected chi connectivity index (χ1v) is 9.30. The summed E-state index contributed by atoms with van der Waals surface area (Å²) in [4.78, 5) is 26.3. The minimum atomic E-state index is 0.0125. The van der Waals surface area contributed by atoms with E-state index in [1.54, 1.807) is 6.92 Å². The second kappa shape index (κ2) is 6.60. The maximum absolute atomic E-state index is 12.7. The third-order valence-corrected chi connectivity index (χ3v) is 5.91. The van der Waals surface area contributed by atoms with Crippen LogP contribution in [-0.2, 0) is 10.2 Å². The molecule has 4 rings (SSSR count). The molecule has 2 aromatic rings. The molecule has 134 valence electrons. The minimum absolute atomic E-state index is 0.0125. The normalized spacial score (nSPS) is 20.7. The zero-order valence-corrected chi connectivity index (χ0v) is 15.1. The van der Waals surface area contributed by atoms with Gasteiger partial charge in [0.1, 0.15) is 0 Å². The van der Waals surface area contributed by atoms with E-state index in [4.69, 9.17) is 0 Å². The number of likely N-dealkylation sites (tertiary alicyclic amines) is 1. The summed E-state index contributed by atoms with van der Waals surface area (Å²) in [6.45, 7) is 3.10. The highest BCUT2D eigenvalue weighted by atomic mass is 16.2. The zero-order valence-electron chi connectivity index (χ0n) is 15.1. The molecule has 0 saturated carbocycles. The van der Waals surface area contributed by atoms with Gasteiger partial charge in [-0.3, -0.25) is 9.59 Å². The van der Waals surface area contributed by atoms with Crippen LogP contribution in [0.3, 0.4) is 0 Å². The first-order chi connectivity index (χ1) is 12.6. The van der Waals surface area contributed by atoms with Gasteiger partial charge in [-0.1, -0.05) is 42.5 Å². The molecule has 2 aromatic carbocycles. The van der Waals surface area contributed by atoms with E-state index in [9.17, 15) is 9.59 Å². The van der Waals surface area contributed by atoms with Gasteiger partial charge >= 0.3 is 0 Å². The van der Waals surface area contributed by atoms with Crippen molar-refractivity contribution < 1.29 is 9.59 Å². The Labute approximate surface area is 154 Å². The quantitative estimate of drug-likeness (QED) is 0.904. The number of amides is 2. The van der Waals surface area contributed by atoms with Crippen molar-refractivity contribution in [3.05, 3.63) is 71.3 Å². The van der Waals surface area contributed by atoms with Gasteiger partial charge in [0.05, 0.1) is 6.04 Å². The van der Waals surface area contributed by atoms with Crippen LogP contribution in [0.15, 0.2) is 54.6 Å². The molecule has 0 aromatic heterocycles. The van der Waals surface area contributed by atoms with Gasteiger partial charge in [-0.15, -0.1) is 0 Å². The summed E-state index contributed by atoms with van der Waals surface area (Å²) in [5, 5.41) is 3.11. The van der Waals surface area contributed by atoms with Crippen LogP contribution in [0.2, 0.25) is 0 Å². The van der Waals surface area contributed by atoms with Crippen LogP contribution in [0, 0.1) is 0 Å². The number of carbonyl (C=O) groups excluding carboxylic acids is 2. The zero-order chi connectivity index (χ0) is 18.1. The number of nitrogens with zero attached hydrogens (tertiary/aromatic N) is 1. The van der Waals surface area contributed by atoms with Gasteiger partial charge < -0.3 is 10.2 Å². The Balaban J connectivity index is 1.53. The first-order valence-electron chi connectivity index (χ1n) is 9.30. The molecule has 1 N–H and O–H groups in total. The van der Waals surface area contributed by atoms with Crippen LogP contribution in [0.25, 0.3) is 0 Å². The first kappa shape index (κ1) is 16.8. The van der Waals surface area contributed by atoms with Gasteiger partial charge in [-0.2, -0.15) is 0 Å². The van der Waals surface area contributed by atoms with Crippen molar-refractivity contribution >= 4 is 11.8 Å². The Hall–Kier alpha value is -2.62. The van der Waals surface area contributed by atoms with E-state index < -0.39 is 0 Å². The lowest BCUT2D eigenvalue weighted by Gasteiger charge is -2.40. The largest absolute Gasteiger partial charge is 0.349 e. The lowest BCUT2D eigenvalue weighted by Crippen LogP contribution is -2.44. The van der Waals surface area contributed by atoms with E-state index in [0.717, 1.165) is 37.9 Å². The predicted octanol–water partition coefficient (Wildman–Crippen LogP) is 3.44. The number of carbonyl (C=O) groups is 2. The fraction of sp³-hybridized carbons (Fsp3) is 0.364. The highest BCUT2D eigenvalue weighted by Crippen LogP contribution is 2.50. The minimum Gasteiger partial charge on any atom is -0.349 e. The maximum atomic E-state index is 12.7. The van der Waals surface area contributed by atoms with Crippen molar-refractivity contribution in [2.24, 2.45) is 0 Å². The number of fused-ring (bicyclic) bond motifs is 2. The Morgan fingerprint density at radius 2 is 1.65 bits per heavy atom. The standard InChI is InChI=1S/C22H24N2O2/c1-16(25)23-20-15-22(19-10-6-5-9-18(19)20)11-13-24(14-12-22)21(26)17-7-3-2-4-8-17/h2-10,20H,11-15H2,1H3,(H,23,25). The summed E-state index contributed by atoms with van der Waals surface area (Å²) < 4.78 is 0. The lowest BCUT2D eigenvalue weighted by atomic mass is 9.73. The molecule has 1 heterocycles. The fourth-order valence-electron chi connectivity index (χ4n) is 4.64. The van der Waals surface area contributed by atoms with E-state index in [-0.39, 0.29) is 23.3 Å². The van der Waals surface area contributed by atoms with Gasteiger partial charge in [0.2, 0.25) is 5.91 Å². The molecule has 1 saturated heterocycles. The second-order valence-electron chi connectivity index (χ2n) is 7.48. The Kier molecular flexibility index (Phi) is 4.27. The lowest BCUT2D eigenvalue weighted by molar-refractivity contribution is -0.119. The van der Waals surface area contributed by atoms with Crippen molar-refractivity contribution in [1.29, 1.82) is 0 Å².